The molecule has 20 heavy (non-hydrogen) atoms. The molecule has 2 amide bonds. The second-order valence-corrected chi connectivity index (χ2v) is 5.15. The summed E-state index contributed by atoms with van der Waals surface area (Å²) in [5.41, 5.74) is 0.866. The van der Waals surface area contributed by atoms with Gasteiger partial charge in [0, 0.05) is 13.0 Å². The van der Waals surface area contributed by atoms with E-state index >= 15 is 0 Å². The summed E-state index contributed by atoms with van der Waals surface area (Å²) >= 11 is 1.42. The van der Waals surface area contributed by atoms with Crippen molar-refractivity contribution in [2.24, 2.45) is 0 Å². The molecule has 0 saturated carbocycles. The van der Waals surface area contributed by atoms with E-state index in [1.54, 1.807) is 24.3 Å². The largest absolute Gasteiger partial charge is 0.455 e. The Kier molecular flexibility index (Phi) is 4.79. The van der Waals surface area contributed by atoms with Gasteiger partial charge in [-0.1, -0.05) is 12.1 Å². The van der Waals surface area contributed by atoms with Crippen molar-refractivity contribution in [1.29, 1.82) is 0 Å². The molecule has 6 heteroatoms. The van der Waals surface area contributed by atoms with Gasteiger partial charge >= 0.3 is 5.97 Å². The van der Waals surface area contributed by atoms with Gasteiger partial charge in [0.15, 0.2) is 0 Å². The minimum Gasteiger partial charge on any atom is -0.455 e. The Morgan fingerprint density at radius 3 is 2.35 bits per heavy atom. The second-order valence-electron chi connectivity index (χ2n) is 4.33. The summed E-state index contributed by atoms with van der Waals surface area (Å²) in [7, 11) is 0. The Balaban J connectivity index is 1.88. The quantitative estimate of drug-likeness (QED) is 0.455. The van der Waals surface area contributed by atoms with Crippen molar-refractivity contribution in [3.63, 3.8) is 0 Å². The fraction of sp³-hybridized carbons (Fsp3) is 0.357. The summed E-state index contributed by atoms with van der Waals surface area (Å²) in [6, 6.07) is 6.74. The molecule has 1 aromatic carbocycles. The van der Waals surface area contributed by atoms with Gasteiger partial charge in [-0.15, -0.1) is 11.8 Å². The van der Waals surface area contributed by atoms with Crippen molar-refractivity contribution >= 4 is 29.5 Å². The smallest absolute Gasteiger partial charge is 0.306 e. The van der Waals surface area contributed by atoms with Gasteiger partial charge in [-0.25, -0.2) is 0 Å². The number of carbonyl (C=O) groups is 3. The number of nitrogens with zero attached hydrogens (tertiary/aromatic N) is 1. The number of imide groups is 1. The predicted molar refractivity (Wildman–Crippen MR) is 75.5 cm³/mol. The summed E-state index contributed by atoms with van der Waals surface area (Å²) < 4.78 is 4.91. The molecular weight excluding hydrogens is 278 g/mol. The predicted octanol–water partition coefficient (Wildman–Crippen LogP) is 1.93. The number of esters is 1. The molecule has 0 spiro atoms. The van der Waals surface area contributed by atoms with E-state index in [-0.39, 0.29) is 30.7 Å². The maximum Gasteiger partial charge on any atom is 0.306 e. The molecule has 0 atom stereocenters. The monoisotopic (exact) mass is 293 g/mol. The molecule has 0 aromatic heterocycles. The zero-order valence-electron chi connectivity index (χ0n) is 11.1. The second kappa shape index (κ2) is 6.56. The Hall–Kier alpha value is -1.82. The summed E-state index contributed by atoms with van der Waals surface area (Å²) in [4.78, 5) is 36.6. The van der Waals surface area contributed by atoms with Gasteiger partial charge in [-0.2, -0.15) is 0 Å². The first-order chi connectivity index (χ1) is 9.65. The SMILES string of the molecule is CSCOC(=O)CCCN1C(=O)c2ccccc2C1=O. The molecule has 1 aromatic rings. The van der Waals surface area contributed by atoms with Crippen LogP contribution < -0.4 is 0 Å². The van der Waals surface area contributed by atoms with Crippen LogP contribution in [-0.4, -0.2) is 41.4 Å². The van der Waals surface area contributed by atoms with Crippen LogP contribution in [0.1, 0.15) is 33.6 Å². The number of hydrogen-bond acceptors (Lipinski definition) is 5. The summed E-state index contributed by atoms with van der Waals surface area (Å²) in [5, 5.41) is 0. The van der Waals surface area contributed by atoms with Crippen molar-refractivity contribution in [3.8, 4) is 0 Å². The lowest BCUT2D eigenvalue weighted by molar-refractivity contribution is -0.141. The van der Waals surface area contributed by atoms with Crippen LogP contribution in [0.5, 0.6) is 0 Å². The lowest BCUT2D eigenvalue weighted by Gasteiger charge is -2.13. The lowest BCUT2D eigenvalue weighted by Crippen LogP contribution is -2.31. The van der Waals surface area contributed by atoms with Gasteiger partial charge in [0.25, 0.3) is 11.8 Å². The average Bonchev–Trinajstić information content (AvgIpc) is 2.70. The molecule has 5 nitrogen and oxygen atoms in total. The number of thioether (sulfide) groups is 1. The number of rotatable bonds is 6. The maximum atomic E-state index is 12.0. The zero-order chi connectivity index (χ0) is 14.5. The Morgan fingerprint density at radius 1 is 1.20 bits per heavy atom. The van der Waals surface area contributed by atoms with Crippen molar-refractivity contribution in [3.05, 3.63) is 35.4 Å². The molecule has 2 rings (SSSR count). The van der Waals surface area contributed by atoms with Gasteiger partial charge in [-0.05, 0) is 24.8 Å². The molecule has 0 N–H and O–H groups in total. The van der Waals surface area contributed by atoms with Crippen LogP contribution in [0.15, 0.2) is 24.3 Å². The molecule has 1 aliphatic heterocycles. The van der Waals surface area contributed by atoms with Crippen molar-refractivity contribution in [2.75, 3.05) is 18.7 Å². The fourth-order valence-electron chi connectivity index (χ4n) is 2.02. The fourth-order valence-corrected chi connectivity index (χ4v) is 2.27. The summed E-state index contributed by atoms with van der Waals surface area (Å²) in [6.07, 6.45) is 2.46. The molecule has 1 heterocycles. The van der Waals surface area contributed by atoms with Crippen LogP contribution in [0.4, 0.5) is 0 Å². The number of benzene rings is 1. The van der Waals surface area contributed by atoms with Gasteiger partial charge < -0.3 is 4.74 Å². The maximum absolute atomic E-state index is 12.0. The topological polar surface area (TPSA) is 63.7 Å². The Bertz CT molecular complexity index is 509. The first-order valence-electron chi connectivity index (χ1n) is 6.25. The van der Waals surface area contributed by atoms with Crippen molar-refractivity contribution in [2.45, 2.75) is 12.8 Å². The molecule has 0 fully saturated rings. The van der Waals surface area contributed by atoms with E-state index in [9.17, 15) is 14.4 Å². The molecule has 0 aliphatic carbocycles. The van der Waals surface area contributed by atoms with Gasteiger partial charge in [0.05, 0.1) is 11.1 Å². The third kappa shape index (κ3) is 3.01. The van der Waals surface area contributed by atoms with E-state index in [4.69, 9.17) is 4.74 Å². The summed E-state index contributed by atoms with van der Waals surface area (Å²) in [5.74, 6) is -0.562. The third-order valence-corrected chi connectivity index (χ3v) is 3.33. The molecule has 0 saturated heterocycles. The van der Waals surface area contributed by atoms with E-state index in [0.29, 0.717) is 23.5 Å². The normalized spacial score (nSPS) is 13.6. The van der Waals surface area contributed by atoms with Crippen LogP contribution >= 0.6 is 11.8 Å². The number of hydrogen-bond donors (Lipinski definition) is 0. The van der Waals surface area contributed by atoms with E-state index < -0.39 is 0 Å². The van der Waals surface area contributed by atoms with Crippen LogP contribution in [0.3, 0.4) is 0 Å². The van der Waals surface area contributed by atoms with E-state index in [1.807, 2.05) is 6.26 Å². The highest BCUT2D eigenvalue weighted by molar-refractivity contribution is 7.98. The molecule has 0 bridgehead atoms. The molecule has 106 valence electrons. The van der Waals surface area contributed by atoms with Crippen LogP contribution in [0.2, 0.25) is 0 Å². The van der Waals surface area contributed by atoms with E-state index in [2.05, 4.69) is 0 Å². The zero-order valence-corrected chi connectivity index (χ0v) is 11.9. The van der Waals surface area contributed by atoms with Crippen LogP contribution in [0, 0.1) is 0 Å². The molecule has 1 aliphatic rings. The van der Waals surface area contributed by atoms with Gasteiger partial charge in [-0.3, -0.25) is 19.3 Å². The van der Waals surface area contributed by atoms with Crippen molar-refractivity contribution < 1.29 is 19.1 Å². The first kappa shape index (κ1) is 14.6. The number of carbonyl (C=O) groups excluding carboxylic acids is 3. The highest BCUT2D eigenvalue weighted by Crippen LogP contribution is 2.22. The van der Waals surface area contributed by atoms with E-state index in [0.717, 1.165) is 0 Å². The molecular formula is C14H15NO4S. The summed E-state index contributed by atoms with van der Waals surface area (Å²) in [6.45, 7) is 0.237. The first-order valence-corrected chi connectivity index (χ1v) is 7.64. The number of amides is 2. The number of fused-ring (bicyclic) bond motifs is 1. The highest BCUT2D eigenvalue weighted by atomic mass is 32.2. The van der Waals surface area contributed by atoms with Gasteiger partial charge in [0.1, 0.15) is 5.94 Å². The third-order valence-electron chi connectivity index (χ3n) is 2.98. The standard InChI is InChI=1S/C14H15NO4S/c1-20-9-19-12(16)7-4-8-15-13(17)10-5-2-3-6-11(10)14(15)18/h2-3,5-6H,4,7-9H2,1H3. The van der Waals surface area contributed by atoms with Crippen molar-refractivity contribution in [1.82, 2.24) is 4.90 Å². The Morgan fingerprint density at radius 2 is 1.80 bits per heavy atom. The lowest BCUT2D eigenvalue weighted by atomic mass is 10.1. The Labute approximate surface area is 121 Å². The van der Waals surface area contributed by atoms with Crippen LogP contribution in [-0.2, 0) is 9.53 Å². The molecule has 0 unspecified atom stereocenters. The number of ether oxygens (including phenoxy) is 1. The van der Waals surface area contributed by atoms with Crippen LogP contribution in [0.25, 0.3) is 0 Å². The minimum atomic E-state index is -0.309. The van der Waals surface area contributed by atoms with E-state index in [1.165, 1.54) is 16.7 Å². The highest BCUT2D eigenvalue weighted by Gasteiger charge is 2.34. The van der Waals surface area contributed by atoms with Gasteiger partial charge in [0.2, 0.25) is 0 Å². The average molecular weight is 293 g/mol. The minimum absolute atomic E-state index is 0.202. The molecule has 0 radical (unpaired) electrons.